The number of benzene rings is 2. The molecule has 18 heavy (non-hydrogen) atoms. The van der Waals surface area contributed by atoms with Crippen LogP contribution in [0.2, 0.25) is 5.02 Å². The Kier molecular flexibility index (Phi) is 3.97. The third-order valence-corrected chi connectivity index (χ3v) is 2.73. The predicted octanol–water partition coefficient (Wildman–Crippen LogP) is 3.29. The number of aliphatic imine (C=N–C) groups is 1. The molecule has 0 unspecified atom stereocenters. The van der Waals surface area contributed by atoms with Crippen molar-refractivity contribution in [3.63, 3.8) is 0 Å². The van der Waals surface area contributed by atoms with Crippen LogP contribution < -0.4 is 0 Å². The first-order chi connectivity index (χ1) is 8.70. The summed E-state index contributed by atoms with van der Waals surface area (Å²) in [5.41, 5.74) is 1.90. The molecule has 0 bridgehead atoms. The van der Waals surface area contributed by atoms with Gasteiger partial charge in [-0.1, -0.05) is 23.7 Å². The van der Waals surface area contributed by atoms with E-state index in [-0.39, 0.29) is 12.4 Å². The molecule has 0 aliphatic heterocycles. The number of hydrogen-bond acceptors (Lipinski definition) is 3. The van der Waals surface area contributed by atoms with E-state index >= 15 is 0 Å². The van der Waals surface area contributed by atoms with Gasteiger partial charge in [-0.3, -0.25) is 4.99 Å². The lowest BCUT2D eigenvalue weighted by Crippen LogP contribution is -1.86. The van der Waals surface area contributed by atoms with Crippen LogP contribution in [-0.2, 0) is 6.61 Å². The highest BCUT2D eigenvalue weighted by atomic mass is 35.5. The van der Waals surface area contributed by atoms with Gasteiger partial charge < -0.3 is 10.2 Å². The maximum atomic E-state index is 9.60. The van der Waals surface area contributed by atoms with Gasteiger partial charge in [0.2, 0.25) is 0 Å². The molecular formula is C14H12ClNO2. The maximum absolute atomic E-state index is 9.60. The molecule has 2 rings (SSSR count). The molecule has 0 radical (unpaired) electrons. The summed E-state index contributed by atoms with van der Waals surface area (Å²) in [4.78, 5) is 4.25. The minimum absolute atomic E-state index is 0.131. The van der Waals surface area contributed by atoms with Crippen LogP contribution in [0.15, 0.2) is 47.5 Å². The van der Waals surface area contributed by atoms with Crippen LogP contribution in [-0.4, -0.2) is 16.4 Å². The van der Waals surface area contributed by atoms with Crippen LogP contribution in [0.4, 0.5) is 5.69 Å². The summed E-state index contributed by atoms with van der Waals surface area (Å²) in [6.07, 6.45) is 1.55. The summed E-state index contributed by atoms with van der Waals surface area (Å²) in [5, 5.41) is 19.4. The van der Waals surface area contributed by atoms with Gasteiger partial charge in [-0.25, -0.2) is 0 Å². The van der Waals surface area contributed by atoms with E-state index in [0.29, 0.717) is 21.8 Å². The van der Waals surface area contributed by atoms with Crippen LogP contribution in [0.3, 0.4) is 0 Å². The normalized spacial score (nSPS) is 11.0. The van der Waals surface area contributed by atoms with E-state index in [4.69, 9.17) is 11.6 Å². The molecule has 0 aliphatic carbocycles. The van der Waals surface area contributed by atoms with Gasteiger partial charge in [0.1, 0.15) is 5.75 Å². The smallest absolute Gasteiger partial charge is 0.124 e. The summed E-state index contributed by atoms with van der Waals surface area (Å²) in [5.74, 6) is 0.167. The summed E-state index contributed by atoms with van der Waals surface area (Å²) in [7, 11) is 0. The van der Waals surface area contributed by atoms with Gasteiger partial charge in [-0.15, -0.1) is 0 Å². The van der Waals surface area contributed by atoms with Crippen molar-refractivity contribution >= 4 is 23.5 Å². The molecule has 4 heteroatoms. The number of phenols is 1. The number of para-hydroxylation sites is 1. The first-order valence-corrected chi connectivity index (χ1v) is 5.80. The second kappa shape index (κ2) is 5.67. The lowest BCUT2D eigenvalue weighted by molar-refractivity contribution is 0.282. The van der Waals surface area contributed by atoms with Gasteiger partial charge in [0.25, 0.3) is 0 Å². The van der Waals surface area contributed by atoms with Gasteiger partial charge in [0.05, 0.1) is 12.3 Å². The van der Waals surface area contributed by atoms with E-state index in [2.05, 4.69) is 4.99 Å². The Bertz CT molecular complexity index is 582. The van der Waals surface area contributed by atoms with Crippen LogP contribution in [0, 0.1) is 0 Å². The quantitative estimate of drug-likeness (QED) is 0.833. The van der Waals surface area contributed by atoms with Gasteiger partial charge in [0.15, 0.2) is 0 Å². The average molecular weight is 262 g/mol. The lowest BCUT2D eigenvalue weighted by atomic mass is 10.2. The third kappa shape index (κ3) is 2.88. The average Bonchev–Trinajstić information content (AvgIpc) is 2.39. The maximum Gasteiger partial charge on any atom is 0.124 e. The molecule has 0 spiro atoms. The van der Waals surface area contributed by atoms with Gasteiger partial charge in [-0.05, 0) is 30.3 Å². The molecule has 0 amide bonds. The van der Waals surface area contributed by atoms with Crippen molar-refractivity contribution in [1.29, 1.82) is 0 Å². The van der Waals surface area contributed by atoms with Crippen LogP contribution in [0.25, 0.3) is 0 Å². The Morgan fingerprint density at radius 3 is 2.67 bits per heavy atom. The molecule has 2 aromatic carbocycles. The molecule has 0 atom stereocenters. The van der Waals surface area contributed by atoms with Crippen molar-refractivity contribution in [1.82, 2.24) is 0 Å². The van der Waals surface area contributed by atoms with Crippen LogP contribution in [0.5, 0.6) is 5.75 Å². The molecule has 0 aromatic heterocycles. The summed E-state index contributed by atoms with van der Waals surface area (Å²) in [6.45, 7) is -0.131. The molecule has 2 N–H and O–H groups in total. The Morgan fingerprint density at radius 2 is 1.94 bits per heavy atom. The van der Waals surface area contributed by atoms with Crippen molar-refractivity contribution < 1.29 is 10.2 Å². The molecule has 0 saturated heterocycles. The number of phenolic OH excluding ortho intramolecular Hbond substituents is 1. The number of aliphatic hydroxyl groups excluding tert-OH is 1. The largest absolute Gasteiger partial charge is 0.507 e. The van der Waals surface area contributed by atoms with Gasteiger partial charge in [0, 0.05) is 22.4 Å². The summed E-state index contributed by atoms with van der Waals surface area (Å²) < 4.78 is 0. The first kappa shape index (κ1) is 12.6. The highest BCUT2D eigenvalue weighted by Gasteiger charge is 2.01. The van der Waals surface area contributed by atoms with Gasteiger partial charge in [-0.2, -0.15) is 0 Å². The van der Waals surface area contributed by atoms with E-state index in [1.807, 2.05) is 6.07 Å². The van der Waals surface area contributed by atoms with Crippen molar-refractivity contribution in [3.05, 3.63) is 58.6 Å². The fourth-order valence-corrected chi connectivity index (χ4v) is 1.74. The Hall–Kier alpha value is -1.84. The van der Waals surface area contributed by atoms with Crippen LogP contribution >= 0.6 is 11.6 Å². The molecule has 0 fully saturated rings. The summed E-state index contributed by atoms with van der Waals surface area (Å²) >= 11 is 5.83. The SMILES string of the molecule is OCc1cc(Cl)ccc1N=Cc1ccccc1O. The van der Waals surface area contributed by atoms with E-state index in [1.54, 1.807) is 42.6 Å². The van der Waals surface area contributed by atoms with E-state index in [1.165, 1.54) is 0 Å². The molecular weight excluding hydrogens is 250 g/mol. The van der Waals surface area contributed by atoms with E-state index in [9.17, 15) is 10.2 Å². The number of rotatable bonds is 3. The second-order valence-electron chi connectivity index (χ2n) is 3.75. The summed E-state index contributed by atoms with van der Waals surface area (Å²) in [6, 6.07) is 12.0. The Labute approximate surface area is 110 Å². The lowest BCUT2D eigenvalue weighted by Gasteiger charge is -2.03. The fraction of sp³-hybridized carbons (Fsp3) is 0.0714. The highest BCUT2D eigenvalue weighted by molar-refractivity contribution is 6.30. The number of halogens is 1. The molecule has 3 nitrogen and oxygen atoms in total. The number of nitrogens with zero attached hydrogens (tertiary/aromatic N) is 1. The number of aliphatic hydroxyl groups is 1. The van der Waals surface area contributed by atoms with Crippen molar-refractivity contribution in [2.24, 2.45) is 4.99 Å². The molecule has 0 saturated carbocycles. The predicted molar refractivity (Wildman–Crippen MR) is 72.7 cm³/mol. The molecule has 2 aromatic rings. The number of hydrogen-bond donors (Lipinski definition) is 2. The third-order valence-electron chi connectivity index (χ3n) is 2.49. The van der Waals surface area contributed by atoms with E-state index in [0.717, 1.165) is 0 Å². The minimum atomic E-state index is -0.131. The van der Waals surface area contributed by atoms with Crippen molar-refractivity contribution in [2.75, 3.05) is 0 Å². The minimum Gasteiger partial charge on any atom is -0.507 e. The second-order valence-corrected chi connectivity index (χ2v) is 4.18. The zero-order valence-electron chi connectivity index (χ0n) is 9.55. The fourth-order valence-electron chi connectivity index (χ4n) is 1.54. The number of aromatic hydroxyl groups is 1. The van der Waals surface area contributed by atoms with Crippen molar-refractivity contribution in [3.8, 4) is 5.75 Å². The van der Waals surface area contributed by atoms with Crippen molar-refractivity contribution in [2.45, 2.75) is 6.61 Å². The monoisotopic (exact) mass is 261 g/mol. The Morgan fingerprint density at radius 1 is 1.17 bits per heavy atom. The Balaban J connectivity index is 2.32. The van der Waals surface area contributed by atoms with Crippen LogP contribution in [0.1, 0.15) is 11.1 Å². The zero-order chi connectivity index (χ0) is 13.0. The molecule has 92 valence electrons. The topological polar surface area (TPSA) is 52.8 Å². The zero-order valence-corrected chi connectivity index (χ0v) is 10.3. The standard InChI is InChI=1S/C14H12ClNO2/c15-12-5-6-13(11(7-12)9-17)16-8-10-3-1-2-4-14(10)18/h1-8,17-18H,9H2. The van der Waals surface area contributed by atoms with E-state index < -0.39 is 0 Å². The molecule has 0 aliphatic rings. The first-order valence-electron chi connectivity index (χ1n) is 5.42. The highest BCUT2D eigenvalue weighted by Crippen LogP contribution is 2.24. The molecule has 0 heterocycles. The van der Waals surface area contributed by atoms with Gasteiger partial charge >= 0.3 is 0 Å².